The molecule has 0 fully saturated rings. The lowest BCUT2D eigenvalue weighted by Gasteiger charge is -1.99. The van der Waals surface area contributed by atoms with Gasteiger partial charge in [0.05, 0.1) is 6.20 Å². The van der Waals surface area contributed by atoms with Crippen LogP contribution in [0.2, 0.25) is 0 Å². The van der Waals surface area contributed by atoms with E-state index in [1.807, 2.05) is 0 Å². The second-order valence-corrected chi connectivity index (χ2v) is 2.69. The second kappa shape index (κ2) is 3.01. The summed E-state index contributed by atoms with van der Waals surface area (Å²) in [6.45, 7) is 0. The van der Waals surface area contributed by atoms with E-state index in [2.05, 4.69) is 10.1 Å². The molecule has 0 aliphatic heterocycles. The van der Waals surface area contributed by atoms with Gasteiger partial charge in [0, 0.05) is 6.20 Å². The number of nitrogens with two attached hydrogens (primary N) is 1. The van der Waals surface area contributed by atoms with Gasteiger partial charge in [-0.25, -0.2) is 0 Å². The van der Waals surface area contributed by atoms with Gasteiger partial charge >= 0.3 is 12.2 Å². The maximum Gasteiger partial charge on any atom is 0.435 e. The van der Waals surface area contributed by atoms with Gasteiger partial charge in [0.15, 0.2) is 5.69 Å². The number of anilines is 1. The molecule has 2 N–H and O–H groups in total. The third-order valence-corrected chi connectivity index (χ3v) is 1.59. The summed E-state index contributed by atoms with van der Waals surface area (Å²) in [7, 11) is 0. The van der Waals surface area contributed by atoms with Crippen LogP contribution in [0.25, 0.3) is 6.01 Å². The van der Waals surface area contributed by atoms with Gasteiger partial charge < -0.3 is 10.2 Å². The fourth-order valence-corrected chi connectivity index (χ4v) is 0.965. The van der Waals surface area contributed by atoms with Crippen molar-refractivity contribution in [2.75, 3.05) is 5.73 Å². The number of hydrogen-bond donors (Lipinski definition) is 1. The minimum Gasteiger partial charge on any atom is -0.406 e. The Morgan fingerprint density at radius 3 is 2.60 bits per heavy atom. The summed E-state index contributed by atoms with van der Waals surface area (Å²) in [6.07, 6.45) is -2.21. The summed E-state index contributed by atoms with van der Waals surface area (Å²) in [5.74, 6) is 0.00839. The number of nitrogens with zero attached hydrogens (tertiary/aromatic N) is 3. The van der Waals surface area contributed by atoms with E-state index < -0.39 is 11.9 Å². The van der Waals surface area contributed by atoms with Crippen LogP contribution in [-0.2, 0) is 6.18 Å². The van der Waals surface area contributed by atoms with Crippen LogP contribution in [0.3, 0.4) is 0 Å². The molecule has 15 heavy (non-hydrogen) atoms. The Hall–Kier alpha value is -1.99. The van der Waals surface area contributed by atoms with E-state index in [9.17, 15) is 13.2 Å². The fourth-order valence-electron chi connectivity index (χ4n) is 0.965. The largest absolute Gasteiger partial charge is 0.435 e. The van der Waals surface area contributed by atoms with Crippen molar-refractivity contribution in [2.45, 2.75) is 6.18 Å². The van der Waals surface area contributed by atoms with Gasteiger partial charge in [-0.3, -0.25) is 0 Å². The van der Waals surface area contributed by atoms with Gasteiger partial charge in [-0.15, -0.1) is 0 Å². The Morgan fingerprint density at radius 1 is 1.40 bits per heavy atom. The lowest BCUT2D eigenvalue weighted by Crippen LogP contribution is -2.07. The molecule has 80 valence electrons. The van der Waals surface area contributed by atoms with Gasteiger partial charge in [0.2, 0.25) is 5.88 Å². The molecule has 0 unspecified atom stereocenters. The number of aromatic nitrogens is 3. The van der Waals surface area contributed by atoms with Crippen molar-refractivity contribution in [3.8, 4) is 6.01 Å². The number of halogens is 3. The van der Waals surface area contributed by atoms with Crippen molar-refractivity contribution in [1.29, 1.82) is 0 Å². The van der Waals surface area contributed by atoms with E-state index in [0.717, 1.165) is 16.9 Å². The predicted molar refractivity (Wildman–Crippen MR) is 43.0 cm³/mol. The summed E-state index contributed by atoms with van der Waals surface area (Å²) in [4.78, 5) is 3.62. The highest BCUT2D eigenvalue weighted by Crippen LogP contribution is 2.27. The summed E-state index contributed by atoms with van der Waals surface area (Å²) >= 11 is 0. The Labute approximate surface area is 81.3 Å². The Kier molecular flexibility index (Phi) is 1.92. The lowest BCUT2D eigenvalue weighted by atomic mass is 10.4. The van der Waals surface area contributed by atoms with Crippen LogP contribution in [0.15, 0.2) is 22.9 Å². The van der Waals surface area contributed by atoms with Crippen molar-refractivity contribution >= 4 is 5.88 Å². The van der Waals surface area contributed by atoms with Gasteiger partial charge in [-0.05, 0) is 6.07 Å². The molecular weight excluding hydrogens is 213 g/mol. The third-order valence-electron chi connectivity index (χ3n) is 1.59. The molecule has 0 aromatic carbocycles. The van der Waals surface area contributed by atoms with Crippen molar-refractivity contribution in [1.82, 2.24) is 14.8 Å². The first-order chi connectivity index (χ1) is 6.97. The van der Waals surface area contributed by atoms with Gasteiger partial charge in [-0.1, -0.05) is 0 Å². The fraction of sp³-hybridized carbons (Fsp3) is 0.143. The topological polar surface area (TPSA) is 69.9 Å². The van der Waals surface area contributed by atoms with Crippen LogP contribution in [0.4, 0.5) is 19.1 Å². The summed E-state index contributed by atoms with van der Waals surface area (Å²) in [5.41, 5.74) is 4.20. The standard InChI is InChI=1S/C7H5F3N4O/c8-7(9,10)4-1-2-14(13-4)6-12-3-5(11)15-6/h1-3H,11H2. The highest BCUT2D eigenvalue weighted by molar-refractivity contribution is 5.23. The Bertz CT molecular complexity index is 473. The first kappa shape index (κ1) is 9.56. The zero-order chi connectivity index (χ0) is 11.1. The molecule has 0 aliphatic rings. The minimum atomic E-state index is -4.48. The number of nitrogen functional groups attached to an aromatic ring is 1. The predicted octanol–water partition coefficient (Wildman–Crippen LogP) is 1.46. The number of alkyl halides is 3. The Morgan fingerprint density at radius 2 is 2.13 bits per heavy atom. The van der Waals surface area contributed by atoms with Crippen LogP contribution in [-0.4, -0.2) is 14.8 Å². The van der Waals surface area contributed by atoms with E-state index in [4.69, 9.17) is 10.2 Å². The van der Waals surface area contributed by atoms with Gasteiger partial charge in [0.1, 0.15) is 0 Å². The summed E-state index contributed by atoms with van der Waals surface area (Å²) < 4.78 is 42.2. The molecule has 2 aromatic heterocycles. The Balaban J connectivity index is 2.36. The van der Waals surface area contributed by atoms with E-state index >= 15 is 0 Å². The summed E-state index contributed by atoms with van der Waals surface area (Å²) in [6, 6.07) is 0.711. The molecule has 0 spiro atoms. The van der Waals surface area contributed by atoms with E-state index in [-0.39, 0.29) is 11.9 Å². The second-order valence-electron chi connectivity index (χ2n) is 2.69. The molecule has 5 nitrogen and oxygen atoms in total. The van der Waals surface area contributed by atoms with E-state index in [1.165, 1.54) is 6.20 Å². The average Bonchev–Trinajstić information content (AvgIpc) is 2.69. The first-order valence-electron chi connectivity index (χ1n) is 3.81. The number of rotatable bonds is 1. The normalized spacial score (nSPS) is 11.9. The van der Waals surface area contributed by atoms with Crippen LogP contribution in [0, 0.1) is 0 Å². The van der Waals surface area contributed by atoms with Gasteiger partial charge in [-0.2, -0.15) is 27.9 Å². The maximum absolute atomic E-state index is 12.2. The lowest BCUT2D eigenvalue weighted by molar-refractivity contribution is -0.141. The number of hydrogen-bond acceptors (Lipinski definition) is 4. The SMILES string of the molecule is Nc1cnc(-n2ccc(C(F)(F)F)n2)o1. The highest BCUT2D eigenvalue weighted by atomic mass is 19.4. The molecule has 8 heteroatoms. The van der Waals surface area contributed by atoms with Crippen LogP contribution in [0.5, 0.6) is 0 Å². The monoisotopic (exact) mass is 218 g/mol. The molecule has 0 aliphatic carbocycles. The highest BCUT2D eigenvalue weighted by Gasteiger charge is 2.33. The van der Waals surface area contributed by atoms with Crippen molar-refractivity contribution in [3.63, 3.8) is 0 Å². The van der Waals surface area contributed by atoms with Crippen molar-refractivity contribution in [2.24, 2.45) is 0 Å². The minimum absolute atomic E-state index is 0.00839. The van der Waals surface area contributed by atoms with Gasteiger partial charge in [0.25, 0.3) is 0 Å². The molecule has 0 bridgehead atoms. The van der Waals surface area contributed by atoms with E-state index in [1.54, 1.807) is 0 Å². The molecule has 2 heterocycles. The van der Waals surface area contributed by atoms with Crippen LogP contribution >= 0.6 is 0 Å². The zero-order valence-electron chi connectivity index (χ0n) is 7.19. The molecule has 0 saturated heterocycles. The van der Waals surface area contributed by atoms with Crippen molar-refractivity contribution in [3.05, 3.63) is 24.2 Å². The molecular formula is C7H5F3N4O. The first-order valence-corrected chi connectivity index (χ1v) is 3.81. The molecule has 0 saturated carbocycles. The molecule has 0 radical (unpaired) electrons. The molecule has 2 rings (SSSR count). The van der Waals surface area contributed by atoms with Crippen LogP contribution < -0.4 is 5.73 Å². The van der Waals surface area contributed by atoms with E-state index in [0.29, 0.717) is 0 Å². The maximum atomic E-state index is 12.2. The van der Waals surface area contributed by atoms with Crippen LogP contribution in [0.1, 0.15) is 5.69 Å². The molecule has 0 atom stereocenters. The third kappa shape index (κ3) is 1.78. The quantitative estimate of drug-likeness (QED) is 0.786. The molecule has 2 aromatic rings. The zero-order valence-corrected chi connectivity index (χ0v) is 7.19. The summed E-state index contributed by atoms with van der Waals surface area (Å²) in [5, 5.41) is 3.24. The smallest absolute Gasteiger partial charge is 0.406 e. The number of oxazole rings is 1. The van der Waals surface area contributed by atoms with Crippen molar-refractivity contribution < 1.29 is 17.6 Å². The molecule has 0 amide bonds. The average molecular weight is 218 g/mol.